The van der Waals surface area contributed by atoms with E-state index in [9.17, 15) is 9.90 Å². The maximum Gasteiger partial charge on any atom is 0.257 e. The molecule has 0 aliphatic carbocycles. The molecule has 4 nitrogen and oxygen atoms in total. The molecule has 1 aliphatic heterocycles. The van der Waals surface area contributed by atoms with Gasteiger partial charge in [-0.2, -0.15) is 0 Å². The highest BCUT2D eigenvalue weighted by Gasteiger charge is 2.27. The number of amides is 1. The third-order valence-electron chi connectivity index (χ3n) is 4.83. The molecule has 5 heteroatoms. The molecule has 4 rings (SSSR count). The Morgan fingerprint density at radius 3 is 2.68 bits per heavy atom. The van der Waals surface area contributed by atoms with Crippen molar-refractivity contribution in [2.24, 2.45) is 0 Å². The van der Waals surface area contributed by atoms with Gasteiger partial charge >= 0.3 is 0 Å². The highest BCUT2D eigenvalue weighted by Crippen LogP contribution is 2.34. The van der Waals surface area contributed by atoms with Gasteiger partial charge in [0.05, 0.1) is 20.8 Å². The normalized spacial score (nSPS) is 15.6. The molecule has 0 unspecified atom stereocenters. The van der Waals surface area contributed by atoms with E-state index >= 15 is 0 Å². The summed E-state index contributed by atoms with van der Waals surface area (Å²) in [6.07, 6.45) is 1.83. The lowest BCUT2D eigenvalue weighted by atomic mass is 9.97. The number of aromatic hydroxyl groups is 1. The number of para-hydroxylation sites is 1. The Hall–Kier alpha value is -2.40. The van der Waals surface area contributed by atoms with Crippen LogP contribution in [0, 0.1) is 6.92 Å². The zero-order valence-corrected chi connectivity index (χ0v) is 14.9. The van der Waals surface area contributed by atoms with Crippen LogP contribution in [0.2, 0.25) is 0 Å². The number of rotatable bonds is 2. The summed E-state index contributed by atoms with van der Waals surface area (Å²) in [6.45, 7) is 3.30. The van der Waals surface area contributed by atoms with Crippen molar-refractivity contribution >= 4 is 27.5 Å². The molecular weight excluding hydrogens is 332 g/mol. The average Bonchev–Trinajstić information content (AvgIpc) is 3.05. The molecule has 1 fully saturated rings. The molecular formula is C20H20N2O2S. The van der Waals surface area contributed by atoms with Crippen LogP contribution in [-0.2, 0) is 0 Å². The van der Waals surface area contributed by atoms with Crippen molar-refractivity contribution in [3.05, 3.63) is 58.6 Å². The van der Waals surface area contributed by atoms with E-state index in [0.717, 1.165) is 23.9 Å². The van der Waals surface area contributed by atoms with Crippen molar-refractivity contribution in [3.8, 4) is 5.75 Å². The zero-order chi connectivity index (χ0) is 17.4. The fourth-order valence-electron chi connectivity index (χ4n) is 3.39. The van der Waals surface area contributed by atoms with Crippen LogP contribution in [0.4, 0.5) is 0 Å². The summed E-state index contributed by atoms with van der Waals surface area (Å²) in [5.41, 5.74) is 2.40. The van der Waals surface area contributed by atoms with Gasteiger partial charge in [-0.05, 0) is 49.6 Å². The molecule has 128 valence electrons. The quantitative estimate of drug-likeness (QED) is 0.747. The first kappa shape index (κ1) is 16.1. The SMILES string of the molecule is Cc1ccc(C(=O)N2CCC(c3nc4ccccc4s3)CC2)c(O)c1. The lowest BCUT2D eigenvalue weighted by Gasteiger charge is -2.31. The Morgan fingerprint density at radius 1 is 1.20 bits per heavy atom. The average molecular weight is 352 g/mol. The van der Waals surface area contributed by atoms with Gasteiger partial charge in [-0.15, -0.1) is 11.3 Å². The first-order chi connectivity index (χ1) is 12.1. The maximum atomic E-state index is 12.7. The molecule has 0 bridgehead atoms. The van der Waals surface area contributed by atoms with Crippen LogP contribution >= 0.6 is 11.3 Å². The second-order valence-electron chi connectivity index (χ2n) is 6.61. The van der Waals surface area contributed by atoms with Gasteiger partial charge in [0.25, 0.3) is 5.91 Å². The van der Waals surface area contributed by atoms with Crippen molar-refractivity contribution in [1.29, 1.82) is 0 Å². The number of carbonyl (C=O) groups excluding carboxylic acids is 1. The highest BCUT2D eigenvalue weighted by molar-refractivity contribution is 7.18. The molecule has 0 spiro atoms. The number of thiazole rings is 1. The molecule has 0 atom stereocenters. The first-order valence-corrected chi connectivity index (χ1v) is 9.38. The van der Waals surface area contributed by atoms with E-state index < -0.39 is 0 Å². The number of piperidine rings is 1. The second-order valence-corrected chi connectivity index (χ2v) is 7.67. The monoisotopic (exact) mass is 352 g/mol. The number of nitrogens with zero attached hydrogens (tertiary/aromatic N) is 2. The predicted molar refractivity (Wildman–Crippen MR) is 100 cm³/mol. The number of likely N-dealkylation sites (tertiary alicyclic amines) is 1. The summed E-state index contributed by atoms with van der Waals surface area (Å²) in [7, 11) is 0. The van der Waals surface area contributed by atoms with Crippen LogP contribution in [0.1, 0.15) is 39.7 Å². The Labute approximate surface area is 150 Å². The van der Waals surface area contributed by atoms with E-state index in [2.05, 4.69) is 6.07 Å². The second kappa shape index (κ2) is 6.48. The summed E-state index contributed by atoms with van der Waals surface area (Å²) in [5, 5.41) is 11.2. The topological polar surface area (TPSA) is 53.4 Å². The van der Waals surface area contributed by atoms with Crippen molar-refractivity contribution in [2.75, 3.05) is 13.1 Å². The van der Waals surface area contributed by atoms with E-state index in [4.69, 9.17) is 4.98 Å². The van der Waals surface area contributed by atoms with E-state index in [-0.39, 0.29) is 11.7 Å². The Kier molecular flexibility index (Phi) is 4.17. The number of aryl methyl sites for hydroxylation is 1. The molecule has 1 aromatic heterocycles. The number of carbonyl (C=O) groups is 1. The summed E-state index contributed by atoms with van der Waals surface area (Å²) < 4.78 is 1.22. The predicted octanol–water partition coefficient (Wildman–Crippen LogP) is 4.33. The van der Waals surface area contributed by atoms with Gasteiger partial charge in [-0.1, -0.05) is 18.2 Å². The van der Waals surface area contributed by atoms with Crippen LogP contribution in [0.3, 0.4) is 0 Å². The number of hydrogen-bond donors (Lipinski definition) is 1. The Bertz CT molecular complexity index is 893. The van der Waals surface area contributed by atoms with Crippen LogP contribution < -0.4 is 0 Å². The summed E-state index contributed by atoms with van der Waals surface area (Å²) in [6, 6.07) is 13.4. The molecule has 0 radical (unpaired) electrons. The minimum atomic E-state index is -0.0831. The van der Waals surface area contributed by atoms with E-state index in [1.807, 2.05) is 36.1 Å². The van der Waals surface area contributed by atoms with Crippen molar-refractivity contribution in [3.63, 3.8) is 0 Å². The van der Waals surface area contributed by atoms with Crippen molar-refractivity contribution in [1.82, 2.24) is 9.88 Å². The minimum absolute atomic E-state index is 0.0679. The fourth-order valence-corrected chi connectivity index (χ4v) is 4.52. The lowest BCUT2D eigenvalue weighted by molar-refractivity contribution is 0.0710. The van der Waals surface area contributed by atoms with Gasteiger partial charge in [0, 0.05) is 19.0 Å². The zero-order valence-electron chi connectivity index (χ0n) is 14.1. The lowest BCUT2D eigenvalue weighted by Crippen LogP contribution is -2.37. The number of aromatic nitrogens is 1. The van der Waals surface area contributed by atoms with Crippen LogP contribution in [-0.4, -0.2) is 34.0 Å². The van der Waals surface area contributed by atoms with Gasteiger partial charge in [0.2, 0.25) is 0 Å². The van der Waals surface area contributed by atoms with Crippen molar-refractivity contribution < 1.29 is 9.90 Å². The number of fused-ring (bicyclic) bond motifs is 1. The molecule has 25 heavy (non-hydrogen) atoms. The van der Waals surface area contributed by atoms with Gasteiger partial charge < -0.3 is 10.0 Å². The van der Waals surface area contributed by atoms with Crippen LogP contribution in [0.5, 0.6) is 5.75 Å². The smallest absolute Gasteiger partial charge is 0.257 e. The standard InChI is InChI=1S/C20H20N2O2S/c1-13-6-7-15(17(23)12-13)20(24)22-10-8-14(9-11-22)19-21-16-4-2-3-5-18(16)25-19/h2-7,12,14,23H,8-11H2,1H3. The number of phenols is 1. The van der Waals surface area contributed by atoms with Crippen molar-refractivity contribution in [2.45, 2.75) is 25.7 Å². The van der Waals surface area contributed by atoms with E-state index in [1.54, 1.807) is 23.5 Å². The third kappa shape index (κ3) is 3.12. The van der Waals surface area contributed by atoms with Crippen LogP contribution in [0.15, 0.2) is 42.5 Å². The molecule has 3 aromatic rings. The maximum absolute atomic E-state index is 12.7. The summed E-state index contributed by atoms with van der Waals surface area (Å²) in [4.78, 5) is 19.3. The number of phenolic OH excluding ortho intramolecular Hbond substituents is 1. The van der Waals surface area contributed by atoms with Gasteiger partial charge in [0.15, 0.2) is 0 Å². The summed E-state index contributed by atoms with van der Waals surface area (Å²) >= 11 is 1.76. The fraction of sp³-hybridized carbons (Fsp3) is 0.300. The largest absolute Gasteiger partial charge is 0.507 e. The molecule has 2 aromatic carbocycles. The highest BCUT2D eigenvalue weighted by atomic mass is 32.1. The molecule has 1 aliphatic rings. The van der Waals surface area contributed by atoms with Gasteiger partial charge in [0.1, 0.15) is 5.75 Å². The van der Waals surface area contributed by atoms with Gasteiger partial charge in [-0.3, -0.25) is 4.79 Å². The molecule has 1 amide bonds. The first-order valence-electron chi connectivity index (χ1n) is 8.56. The van der Waals surface area contributed by atoms with E-state index in [0.29, 0.717) is 24.6 Å². The third-order valence-corrected chi connectivity index (χ3v) is 6.02. The molecule has 1 N–H and O–H groups in total. The molecule has 0 saturated carbocycles. The van der Waals surface area contributed by atoms with Gasteiger partial charge in [-0.25, -0.2) is 4.98 Å². The molecule has 2 heterocycles. The number of hydrogen-bond acceptors (Lipinski definition) is 4. The Morgan fingerprint density at radius 2 is 1.96 bits per heavy atom. The minimum Gasteiger partial charge on any atom is -0.507 e. The Balaban J connectivity index is 1.46. The molecule has 1 saturated heterocycles. The van der Waals surface area contributed by atoms with Crippen LogP contribution in [0.25, 0.3) is 10.2 Å². The summed E-state index contributed by atoms with van der Waals surface area (Å²) in [5.74, 6) is 0.395. The van der Waals surface area contributed by atoms with E-state index in [1.165, 1.54) is 9.71 Å². The number of benzene rings is 2.